The average molecular weight is 224 g/mol. The Labute approximate surface area is 94.1 Å². The van der Waals surface area contributed by atoms with Crippen molar-refractivity contribution in [3.05, 3.63) is 16.6 Å². The number of amides is 1. The van der Waals surface area contributed by atoms with Crippen molar-refractivity contribution >= 4 is 17.2 Å². The maximum absolute atomic E-state index is 12.0. The highest BCUT2D eigenvalue weighted by molar-refractivity contribution is 7.07. The molecule has 0 aromatic carbocycles. The van der Waals surface area contributed by atoms with Crippen molar-refractivity contribution < 1.29 is 4.79 Å². The van der Waals surface area contributed by atoms with E-state index in [0.29, 0.717) is 5.69 Å². The highest BCUT2D eigenvalue weighted by atomic mass is 32.1. The van der Waals surface area contributed by atoms with Gasteiger partial charge in [0.2, 0.25) is 0 Å². The SMILES string of the molecule is CC1CCCN(C(=O)c2cscn2)CC1. The Morgan fingerprint density at radius 1 is 1.53 bits per heavy atom. The Kier molecular flexibility index (Phi) is 3.36. The predicted molar refractivity (Wildman–Crippen MR) is 61.0 cm³/mol. The highest BCUT2D eigenvalue weighted by Crippen LogP contribution is 2.18. The van der Waals surface area contributed by atoms with Gasteiger partial charge in [0.05, 0.1) is 5.51 Å². The first kappa shape index (κ1) is 10.6. The van der Waals surface area contributed by atoms with E-state index in [1.807, 2.05) is 10.3 Å². The highest BCUT2D eigenvalue weighted by Gasteiger charge is 2.20. The third kappa shape index (κ3) is 2.56. The second kappa shape index (κ2) is 4.75. The Bertz CT molecular complexity index is 323. The van der Waals surface area contributed by atoms with E-state index in [4.69, 9.17) is 0 Å². The lowest BCUT2D eigenvalue weighted by Crippen LogP contribution is -2.32. The van der Waals surface area contributed by atoms with Crippen LogP contribution < -0.4 is 0 Å². The number of rotatable bonds is 1. The van der Waals surface area contributed by atoms with Crippen molar-refractivity contribution in [2.24, 2.45) is 5.92 Å². The Balaban J connectivity index is 2.01. The van der Waals surface area contributed by atoms with Crippen molar-refractivity contribution in [2.45, 2.75) is 26.2 Å². The van der Waals surface area contributed by atoms with Gasteiger partial charge < -0.3 is 4.90 Å². The van der Waals surface area contributed by atoms with Gasteiger partial charge in [0.15, 0.2) is 0 Å². The molecule has 1 aromatic rings. The molecule has 2 heterocycles. The van der Waals surface area contributed by atoms with E-state index in [-0.39, 0.29) is 5.91 Å². The van der Waals surface area contributed by atoms with Crippen molar-refractivity contribution in [1.29, 1.82) is 0 Å². The van der Waals surface area contributed by atoms with E-state index in [1.165, 1.54) is 17.8 Å². The van der Waals surface area contributed by atoms with E-state index in [2.05, 4.69) is 11.9 Å². The second-order valence-electron chi connectivity index (χ2n) is 4.20. The number of hydrogen-bond donors (Lipinski definition) is 0. The number of nitrogens with zero attached hydrogens (tertiary/aromatic N) is 2. The zero-order valence-electron chi connectivity index (χ0n) is 8.98. The molecule has 1 aliphatic rings. The molecule has 1 saturated heterocycles. The van der Waals surface area contributed by atoms with Gasteiger partial charge >= 0.3 is 0 Å². The summed E-state index contributed by atoms with van der Waals surface area (Å²) >= 11 is 1.48. The minimum absolute atomic E-state index is 0.102. The van der Waals surface area contributed by atoms with E-state index in [0.717, 1.165) is 31.8 Å². The lowest BCUT2D eigenvalue weighted by Gasteiger charge is -2.19. The lowest BCUT2D eigenvalue weighted by molar-refractivity contribution is 0.0755. The van der Waals surface area contributed by atoms with Crippen LogP contribution in [0, 0.1) is 5.92 Å². The van der Waals surface area contributed by atoms with Crippen molar-refractivity contribution in [3.63, 3.8) is 0 Å². The van der Waals surface area contributed by atoms with Gasteiger partial charge in [-0.2, -0.15) is 0 Å². The van der Waals surface area contributed by atoms with Crippen LogP contribution in [0.2, 0.25) is 0 Å². The molecule has 0 bridgehead atoms. The fourth-order valence-corrected chi connectivity index (χ4v) is 2.47. The van der Waals surface area contributed by atoms with Gasteiger partial charge in [0.25, 0.3) is 5.91 Å². The molecule has 15 heavy (non-hydrogen) atoms. The molecule has 82 valence electrons. The van der Waals surface area contributed by atoms with Gasteiger partial charge in [-0.1, -0.05) is 6.92 Å². The molecule has 0 radical (unpaired) electrons. The molecule has 1 amide bonds. The normalized spacial score (nSPS) is 22.5. The van der Waals surface area contributed by atoms with Crippen LogP contribution in [-0.2, 0) is 0 Å². The maximum Gasteiger partial charge on any atom is 0.273 e. The summed E-state index contributed by atoms with van der Waals surface area (Å²) in [6.07, 6.45) is 3.48. The van der Waals surface area contributed by atoms with Crippen LogP contribution in [0.25, 0.3) is 0 Å². The molecular formula is C11H16N2OS. The summed E-state index contributed by atoms with van der Waals surface area (Å²) in [5.41, 5.74) is 2.32. The number of hydrogen-bond acceptors (Lipinski definition) is 3. The zero-order chi connectivity index (χ0) is 10.7. The van der Waals surface area contributed by atoms with Gasteiger partial charge in [0.1, 0.15) is 5.69 Å². The number of aromatic nitrogens is 1. The fourth-order valence-electron chi connectivity index (χ4n) is 1.95. The third-order valence-electron chi connectivity index (χ3n) is 2.96. The summed E-state index contributed by atoms with van der Waals surface area (Å²) in [5, 5.41) is 1.83. The van der Waals surface area contributed by atoms with Gasteiger partial charge in [-0.15, -0.1) is 11.3 Å². The second-order valence-corrected chi connectivity index (χ2v) is 4.92. The van der Waals surface area contributed by atoms with Crippen LogP contribution in [0.15, 0.2) is 10.9 Å². The van der Waals surface area contributed by atoms with Crippen LogP contribution in [0.4, 0.5) is 0 Å². The summed E-state index contributed by atoms with van der Waals surface area (Å²) in [6.45, 7) is 4.04. The fraction of sp³-hybridized carbons (Fsp3) is 0.636. The minimum Gasteiger partial charge on any atom is -0.337 e. The summed E-state index contributed by atoms with van der Waals surface area (Å²) < 4.78 is 0. The molecule has 1 unspecified atom stereocenters. The average Bonchev–Trinajstić information content (AvgIpc) is 2.67. The molecule has 3 nitrogen and oxygen atoms in total. The Morgan fingerprint density at radius 3 is 3.13 bits per heavy atom. The predicted octanol–water partition coefficient (Wildman–Crippen LogP) is 2.41. The zero-order valence-corrected chi connectivity index (χ0v) is 9.80. The first-order valence-electron chi connectivity index (χ1n) is 5.45. The van der Waals surface area contributed by atoms with Gasteiger partial charge in [-0.25, -0.2) is 4.98 Å². The molecule has 1 aliphatic heterocycles. The number of carbonyl (C=O) groups excluding carboxylic acids is 1. The quantitative estimate of drug-likeness (QED) is 0.734. The van der Waals surface area contributed by atoms with E-state index < -0.39 is 0 Å². The molecule has 0 saturated carbocycles. The first-order chi connectivity index (χ1) is 7.27. The molecule has 0 N–H and O–H groups in total. The largest absolute Gasteiger partial charge is 0.337 e. The smallest absolute Gasteiger partial charge is 0.273 e. The van der Waals surface area contributed by atoms with Crippen LogP contribution in [0.1, 0.15) is 36.7 Å². The number of thiazole rings is 1. The summed E-state index contributed by atoms with van der Waals surface area (Å²) in [5.74, 6) is 0.851. The molecule has 1 atom stereocenters. The monoisotopic (exact) mass is 224 g/mol. The van der Waals surface area contributed by atoms with Crippen LogP contribution in [-0.4, -0.2) is 28.9 Å². The molecule has 1 aromatic heterocycles. The summed E-state index contributed by atoms with van der Waals surface area (Å²) in [4.78, 5) is 18.0. The Hall–Kier alpha value is -0.900. The number of likely N-dealkylation sites (tertiary alicyclic amines) is 1. The third-order valence-corrected chi connectivity index (χ3v) is 3.54. The van der Waals surface area contributed by atoms with E-state index >= 15 is 0 Å². The molecule has 4 heteroatoms. The van der Waals surface area contributed by atoms with Gasteiger partial charge in [-0.3, -0.25) is 4.79 Å². The van der Waals surface area contributed by atoms with Crippen molar-refractivity contribution in [1.82, 2.24) is 9.88 Å². The molecule has 0 aliphatic carbocycles. The Morgan fingerprint density at radius 2 is 2.40 bits per heavy atom. The number of carbonyl (C=O) groups is 1. The van der Waals surface area contributed by atoms with Gasteiger partial charge in [0, 0.05) is 18.5 Å². The van der Waals surface area contributed by atoms with Gasteiger partial charge in [-0.05, 0) is 25.2 Å². The topological polar surface area (TPSA) is 33.2 Å². The van der Waals surface area contributed by atoms with E-state index in [1.54, 1.807) is 5.51 Å². The molecular weight excluding hydrogens is 208 g/mol. The maximum atomic E-state index is 12.0. The van der Waals surface area contributed by atoms with Crippen LogP contribution in [0.5, 0.6) is 0 Å². The molecule has 2 rings (SSSR count). The standard InChI is InChI=1S/C11H16N2OS/c1-9-3-2-5-13(6-4-9)11(14)10-7-15-8-12-10/h7-9H,2-6H2,1H3. The van der Waals surface area contributed by atoms with Crippen LogP contribution >= 0.6 is 11.3 Å². The van der Waals surface area contributed by atoms with Crippen molar-refractivity contribution in [3.8, 4) is 0 Å². The van der Waals surface area contributed by atoms with E-state index in [9.17, 15) is 4.79 Å². The van der Waals surface area contributed by atoms with Crippen LogP contribution in [0.3, 0.4) is 0 Å². The summed E-state index contributed by atoms with van der Waals surface area (Å²) in [7, 11) is 0. The first-order valence-corrected chi connectivity index (χ1v) is 6.39. The molecule has 1 fully saturated rings. The minimum atomic E-state index is 0.102. The lowest BCUT2D eigenvalue weighted by atomic mass is 10.0. The molecule has 0 spiro atoms. The van der Waals surface area contributed by atoms with Crippen molar-refractivity contribution in [2.75, 3.05) is 13.1 Å². The summed E-state index contributed by atoms with van der Waals surface area (Å²) in [6, 6.07) is 0.